The number of aromatic nitrogens is 2. The lowest BCUT2D eigenvalue weighted by Crippen LogP contribution is -1.96. The summed E-state index contributed by atoms with van der Waals surface area (Å²) < 4.78 is 7.05. The Bertz CT molecular complexity index is 791. The molecule has 106 valence electrons. The normalized spacial score (nSPS) is 10.6. The molecule has 0 saturated heterocycles. The molecule has 0 amide bonds. The summed E-state index contributed by atoms with van der Waals surface area (Å²) in [5.41, 5.74) is 1.80. The van der Waals surface area contributed by atoms with Crippen LogP contribution in [0.4, 0.5) is 11.5 Å². The molecule has 21 heavy (non-hydrogen) atoms. The highest BCUT2D eigenvalue weighted by molar-refractivity contribution is 9.11. The van der Waals surface area contributed by atoms with Crippen LogP contribution in [0.15, 0.2) is 51.7 Å². The van der Waals surface area contributed by atoms with Crippen molar-refractivity contribution < 1.29 is 4.74 Å². The third-order valence-electron chi connectivity index (χ3n) is 3.01. The zero-order chi connectivity index (χ0) is 14.8. The molecule has 0 saturated carbocycles. The van der Waals surface area contributed by atoms with Crippen LogP contribution in [-0.4, -0.2) is 17.1 Å². The van der Waals surface area contributed by atoms with Crippen molar-refractivity contribution in [2.75, 3.05) is 12.4 Å². The third kappa shape index (κ3) is 3.01. The van der Waals surface area contributed by atoms with Crippen molar-refractivity contribution in [3.63, 3.8) is 0 Å². The van der Waals surface area contributed by atoms with Crippen LogP contribution in [0.1, 0.15) is 0 Å². The molecule has 3 rings (SSSR count). The number of nitrogens with one attached hydrogen (secondary N) is 1. The molecule has 0 unspecified atom stereocenters. The quantitative estimate of drug-likeness (QED) is 0.668. The van der Waals surface area contributed by atoms with E-state index in [4.69, 9.17) is 4.74 Å². The molecule has 0 atom stereocenters. The van der Waals surface area contributed by atoms with Gasteiger partial charge in [0.1, 0.15) is 17.9 Å². The predicted molar refractivity (Wildman–Crippen MR) is 91.2 cm³/mol. The minimum atomic E-state index is 0.757. The number of halogens is 2. The number of fused-ring (bicyclic) bond motifs is 1. The van der Waals surface area contributed by atoms with Gasteiger partial charge in [-0.25, -0.2) is 9.97 Å². The van der Waals surface area contributed by atoms with Gasteiger partial charge in [0.15, 0.2) is 0 Å². The summed E-state index contributed by atoms with van der Waals surface area (Å²) in [4.78, 5) is 8.64. The highest BCUT2D eigenvalue weighted by Crippen LogP contribution is 2.31. The first-order chi connectivity index (χ1) is 10.2. The van der Waals surface area contributed by atoms with Gasteiger partial charge in [-0.3, -0.25) is 0 Å². The fourth-order valence-corrected chi connectivity index (χ4v) is 3.33. The van der Waals surface area contributed by atoms with Crippen molar-refractivity contribution in [3.8, 4) is 5.75 Å². The van der Waals surface area contributed by atoms with Crippen LogP contribution < -0.4 is 10.1 Å². The van der Waals surface area contributed by atoms with Gasteiger partial charge in [0.05, 0.1) is 12.6 Å². The van der Waals surface area contributed by atoms with Crippen molar-refractivity contribution in [2.24, 2.45) is 0 Å². The van der Waals surface area contributed by atoms with E-state index in [2.05, 4.69) is 47.1 Å². The van der Waals surface area contributed by atoms with Gasteiger partial charge in [0, 0.05) is 20.0 Å². The molecular formula is C15H11Br2N3O. The predicted octanol–water partition coefficient (Wildman–Crippen LogP) is 4.91. The van der Waals surface area contributed by atoms with E-state index in [9.17, 15) is 0 Å². The first kappa shape index (κ1) is 14.3. The molecule has 0 spiro atoms. The van der Waals surface area contributed by atoms with Gasteiger partial charge in [0.2, 0.25) is 0 Å². The van der Waals surface area contributed by atoms with Crippen molar-refractivity contribution >= 4 is 54.3 Å². The Morgan fingerprint density at radius 3 is 2.52 bits per heavy atom. The summed E-state index contributed by atoms with van der Waals surface area (Å²) in [7, 11) is 1.65. The van der Waals surface area contributed by atoms with Crippen LogP contribution in [0.25, 0.3) is 10.9 Å². The van der Waals surface area contributed by atoms with Crippen LogP contribution in [0, 0.1) is 0 Å². The van der Waals surface area contributed by atoms with Gasteiger partial charge >= 0.3 is 0 Å². The van der Waals surface area contributed by atoms with E-state index in [1.54, 1.807) is 13.4 Å². The first-order valence-corrected chi connectivity index (χ1v) is 7.77. The molecule has 2 aromatic carbocycles. The Balaban J connectivity index is 2.03. The van der Waals surface area contributed by atoms with E-state index >= 15 is 0 Å². The summed E-state index contributed by atoms with van der Waals surface area (Å²) in [5, 5.41) is 4.24. The SMILES string of the molecule is COc1ccc(Nc2ncnc3c(Br)cc(Br)cc23)cc1. The van der Waals surface area contributed by atoms with Crippen LogP contribution in [-0.2, 0) is 0 Å². The Hall–Kier alpha value is -1.66. The smallest absolute Gasteiger partial charge is 0.141 e. The Kier molecular flexibility index (Phi) is 4.07. The fraction of sp³-hybridized carbons (Fsp3) is 0.0667. The number of hydrogen-bond donors (Lipinski definition) is 1. The average molecular weight is 409 g/mol. The van der Waals surface area contributed by atoms with E-state index in [1.807, 2.05) is 36.4 Å². The second-order valence-electron chi connectivity index (χ2n) is 4.36. The maximum Gasteiger partial charge on any atom is 0.141 e. The Morgan fingerprint density at radius 2 is 1.81 bits per heavy atom. The first-order valence-electron chi connectivity index (χ1n) is 6.18. The van der Waals surface area contributed by atoms with Crippen molar-refractivity contribution in [3.05, 3.63) is 51.7 Å². The molecule has 3 aromatic rings. The molecular weight excluding hydrogens is 398 g/mol. The standard InChI is InChI=1S/C15H11Br2N3O/c1-21-11-4-2-10(3-5-11)20-15-12-6-9(16)7-13(17)14(12)18-8-19-15/h2-8H,1H3,(H,18,19,20). The minimum absolute atomic E-state index is 0.757. The summed E-state index contributed by atoms with van der Waals surface area (Å²) in [6.45, 7) is 0. The third-order valence-corrected chi connectivity index (χ3v) is 4.07. The van der Waals surface area contributed by atoms with Crippen molar-refractivity contribution in [2.45, 2.75) is 0 Å². The maximum atomic E-state index is 5.16. The van der Waals surface area contributed by atoms with Gasteiger partial charge in [-0.05, 0) is 52.3 Å². The zero-order valence-electron chi connectivity index (χ0n) is 11.1. The van der Waals surface area contributed by atoms with Crippen molar-refractivity contribution in [1.29, 1.82) is 0 Å². The van der Waals surface area contributed by atoms with E-state index in [0.29, 0.717) is 0 Å². The number of benzene rings is 2. The van der Waals surface area contributed by atoms with E-state index in [1.165, 1.54) is 0 Å². The fourth-order valence-electron chi connectivity index (χ4n) is 2.00. The number of rotatable bonds is 3. The van der Waals surface area contributed by atoms with Crippen LogP contribution in [0.5, 0.6) is 5.75 Å². The van der Waals surface area contributed by atoms with E-state index in [0.717, 1.165) is 37.1 Å². The number of nitrogens with zero attached hydrogens (tertiary/aromatic N) is 2. The molecule has 6 heteroatoms. The van der Waals surface area contributed by atoms with E-state index in [-0.39, 0.29) is 0 Å². The topological polar surface area (TPSA) is 47.0 Å². The van der Waals surface area contributed by atoms with Gasteiger partial charge < -0.3 is 10.1 Å². The Labute approximate surface area is 138 Å². The molecule has 0 aliphatic heterocycles. The number of anilines is 2. The molecule has 1 aromatic heterocycles. The minimum Gasteiger partial charge on any atom is -0.497 e. The molecule has 1 heterocycles. The summed E-state index contributed by atoms with van der Waals surface area (Å²) >= 11 is 7.01. The van der Waals surface area contributed by atoms with Crippen LogP contribution in [0.3, 0.4) is 0 Å². The van der Waals surface area contributed by atoms with Crippen LogP contribution >= 0.6 is 31.9 Å². The van der Waals surface area contributed by atoms with Gasteiger partial charge in [-0.15, -0.1) is 0 Å². The number of methoxy groups -OCH3 is 1. The monoisotopic (exact) mass is 407 g/mol. The van der Waals surface area contributed by atoms with Gasteiger partial charge in [-0.2, -0.15) is 0 Å². The largest absolute Gasteiger partial charge is 0.497 e. The zero-order valence-corrected chi connectivity index (χ0v) is 14.3. The average Bonchev–Trinajstić information content (AvgIpc) is 2.49. The maximum absolute atomic E-state index is 5.16. The highest BCUT2D eigenvalue weighted by Gasteiger charge is 2.08. The number of hydrogen-bond acceptors (Lipinski definition) is 4. The lowest BCUT2D eigenvalue weighted by atomic mass is 10.2. The van der Waals surface area contributed by atoms with Crippen molar-refractivity contribution in [1.82, 2.24) is 9.97 Å². The second kappa shape index (κ2) is 5.99. The Morgan fingerprint density at radius 1 is 1.05 bits per heavy atom. The highest BCUT2D eigenvalue weighted by atomic mass is 79.9. The second-order valence-corrected chi connectivity index (χ2v) is 6.13. The van der Waals surface area contributed by atoms with Crippen LogP contribution in [0.2, 0.25) is 0 Å². The van der Waals surface area contributed by atoms with Gasteiger partial charge in [-0.1, -0.05) is 15.9 Å². The molecule has 4 nitrogen and oxygen atoms in total. The number of ether oxygens (including phenoxy) is 1. The summed E-state index contributed by atoms with van der Waals surface area (Å²) in [6, 6.07) is 11.6. The molecule has 0 aliphatic carbocycles. The molecule has 0 fully saturated rings. The lowest BCUT2D eigenvalue weighted by molar-refractivity contribution is 0.415. The lowest BCUT2D eigenvalue weighted by Gasteiger charge is -2.10. The molecule has 0 bridgehead atoms. The molecule has 0 radical (unpaired) electrons. The van der Waals surface area contributed by atoms with E-state index < -0.39 is 0 Å². The molecule has 0 aliphatic rings. The van der Waals surface area contributed by atoms with Gasteiger partial charge in [0.25, 0.3) is 0 Å². The summed E-state index contributed by atoms with van der Waals surface area (Å²) in [6.07, 6.45) is 1.55. The summed E-state index contributed by atoms with van der Waals surface area (Å²) in [5.74, 6) is 1.57. The molecule has 1 N–H and O–H groups in total.